The van der Waals surface area contributed by atoms with E-state index in [1.54, 1.807) is 25.1 Å². The molecule has 2 aromatic carbocycles. The Hall–Kier alpha value is -5.59. The van der Waals surface area contributed by atoms with Gasteiger partial charge in [0.25, 0.3) is 5.91 Å². The van der Waals surface area contributed by atoms with Crippen LogP contribution < -0.4 is 29.6 Å². The first kappa shape index (κ1) is 48.3. The molecule has 7 atom stereocenters. The van der Waals surface area contributed by atoms with Crippen molar-refractivity contribution in [2.45, 2.75) is 133 Å². The number of carbonyl (C=O) groups excluding carboxylic acids is 4. The number of ether oxygens (including phenoxy) is 4. The Morgan fingerprint density at radius 1 is 0.985 bits per heavy atom. The van der Waals surface area contributed by atoms with Crippen LogP contribution in [0.2, 0.25) is 0 Å². The molecule has 0 spiro atoms. The van der Waals surface area contributed by atoms with Gasteiger partial charge in [-0.05, 0) is 132 Å². The number of fused-ring (bicyclic) bond motifs is 3. The van der Waals surface area contributed by atoms with Gasteiger partial charge >= 0.3 is 12.3 Å². The molecule has 19 heteroatoms. The molecule has 7 rings (SSSR count). The summed E-state index contributed by atoms with van der Waals surface area (Å²) >= 11 is 0. The van der Waals surface area contributed by atoms with Gasteiger partial charge in [-0.3, -0.25) is 19.1 Å². The Morgan fingerprint density at radius 2 is 1.68 bits per heavy atom. The Kier molecular flexibility index (Phi) is 13.6. The molecule has 2 saturated carbocycles. The number of hydrogen-bond acceptors (Lipinski definition) is 11. The fraction of sp³-hybridized carbons (Fsp3) is 0.553. The summed E-state index contributed by atoms with van der Waals surface area (Å²) < 4.78 is 92.7. The van der Waals surface area contributed by atoms with Crippen molar-refractivity contribution in [2.75, 3.05) is 13.7 Å². The molecule has 3 fully saturated rings. The van der Waals surface area contributed by atoms with E-state index in [0.29, 0.717) is 73.9 Å². The lowest BCUT2D eigenvalue weighted by molar-refractivity contribution is -0.244. The second-order valence-corrected chi connectivity index (χ2v) is 20.8. The molecule has 3 aromatic rings. The Labute approximate surface area is 382 Å². The number of nitrogens with zero attached hydrogens (tertiary/aromatic N) is 2. The highest BCUT2D eigenvalue weighted by Crippen LogP contribution is 2.46. The van der Waals surface area contributed by atoms with Crippen LogP contribution in [-0.2, 0) is 29.1 Å². The SMILES string of the molecule is COc1ccc2c(O[C@@H]3C[C@H]4C(=O)N[C@]5(C(=O)NS(=O)(=O)C6CC6)C[C@H]5/C=C\CC[C@@H](C)C[C@@H](C)[C@H](NC(=O)OC(C)(C)C(F)(F)F)C(=O)N4C3)nc(-c3ccc(OC(C)C)cc3)cc2c1. The van der Waals surface area contributed by atoms with Gasteiger partial charge in [0, 0.05) is 23.3 Å². The molecule has 2 aliphatic carbocycles. The summed E-state index contributed by atoms with van der Waals surface area (Å²) in [6.07, 6.45) is -1.50. The van der Waals surface area contributed by atoms with Gasteiger partial charge in [0.15, 0.2) is 0 Å². The van der Waals surface area contributed by atoms with E-state index in [1.165, 1.54) is 12.0 Å². The van der Waals surface area contributed by atoms with E-state index >= 15 is 4.79 Å². The molecule has 4 amide bonds. The molecular weight excluding hydrogens is 884 g/mol. The lowest BCUT2D eigenvalue weighted by Gasteiger charge is -2.34. The van der Waals surface area contributed by atoms with Gasteiger partial charge in [0.05, 0.1) is 30.7 Å². The molecule has 3 N–H and O–H groups in total. The fourth-order valence-electron chi connectivity index (χ4n) is 8.65. The number of carbonyl (C=O) groups is 4. The van der Waals surface area contributed by atoms with Gasteiger partial charge in [0.1, 0.15) is 35.2 Å². The topological polar surface area (TPSA) is 192 Å². The summed E-state index contributed by atoms with van der Waals surface area (Å²) in [4.78, 5) is 63.1. The zero-order valence-electron chi connectivity index (χ0n) is 38.1. The van der Waals surface area contributed by atoms with Gasteiger partial charge in [-0.1, -0.05) is 26.0 Å². The Balaban J connectivity index is 1.26. The number of alkyl halides is 3. The number of sulfonamides is 1. The molecule has 0 radical (unpaired) electrons. The quantitative estimate of drug-likeness (QED) is 0.168. The largest absolute Gasteiger partial charge is 0.497 e. The van der Waals surface area contributed by atoms with Crippen LogP contribution in [0.3, 0.4) is 0 Å². The maximum Gasteiger partial charge on any atom is 0.427 e. The maximum atomic E-state index is 15.0. The summed E-state index contributed by atoms with van der Waals surface area (Å²) in [7, 11) is -2.47. The highest BCUT2D eigenvalue weighted by molar-refractivity contribution is 7.91. The lowest BCUT2D eigenvalue weighted by atomic mass is 9.88. The number of alkyl carbamates (subject to hydrolysis) is 1. The molecule has 4 aliphatic rings. The molecule has 1 saturated heterocycles. The van der Waals surface area contributed by atoms with Gasteiger partial charge in [0.2, 0.25) is 33.3 Å². The van der Waals surface area contributed by atoms with Crippen LogP contribution in [0, 0.1) is 17.8 Å². The highest BCUT2D eigenvalue weighted by Gasteiger charge is 2.62. The van der Waals surface area contributed by atoms with Gasteiger partial charge in [-0.15, -0.1) is 0 Å². The molecule has 358 valence electrons. The van der Waals surface area contributed by atoms with Crippen molar-refractivity contribution < 1.29 is 59.7 Å². The molecule has 15 nitrogen and oxygen atoms in total. The van der Waals surface area contributed by atoms with Crippen molar-refractivity contribution in [2.24, 2.45) is 17.8 Å². The van der Waals surface area contributed by atoms with Crippen molar-refractivity contribution in [1.29, 1.82) is 0 Å². The predicted octanol–water partition coefficient (Wildman–Crippen LogP) is 6.98. The van der Waals surface area contributed by atoms with E-state index in [4.69, 9.17) is 23.9 Å². The van der Waals surface area contributed by atoms with Crippen molar-refractivity contribution in [1.82, 2.24) is 25.2 Å². The molecule has 66 heavy (non-hydrogen) atoms. The van der Waals surface area contributed by atoms with Crippen molar-refractivity contribution in [3.8, 4) is 28.6 Å². The van der Waals surface area contributed by atoms with Gasteiger partial charge < -0.3 is 34.5 Å². The van der Waals surface area contributed by atoms with Gasteiger partial charge in [-0.25, -0.2) is 18.2 Å². The third-order valence-electron chi connectivity index (χ3n) is 12.7. The van der Waals surface area contributed by atoms with Gasteiger partial charge in [-0.2, -0.15) is 13.2 Å². The van der Waals surface area contributed by atoms with Crippen LogP contribution in [0.1, 0.15) is 86.5 Å². The number of halogens is 3. The Morgan fingerprint density at radius 3 is 2.33 bits per heavy atom. The minimum absolute atomic E-state index is 0.0430. The number of methoxy groups -OCH3 is 1. The molecule has 2 aliphatic heterocycles. The third-order valence-corrected chi connectivity index (χ3v) is 14.5. The minimum atomic E-state index is -4.93. The standard InChI is InChI=1S/C47H58F3N5O10S/c1-26(2)63-32-14-12-29(13-15-32)37-22-30-21-33(62-7)16-19-36(30)41(51-37)64-34-23-38-40(56)53-46(43(58)54-66(60,61)35-17-18-35)24-31(46)11-9-8-10-27(3)20-28(4)39(42(57)55(38)25-34)52-44(59)65-45(5,6)47(48,49)50/h9,11-16,19,21-22,26-28,31,34-35,38-39H,8,10,17-18,20,23-25H2,1-7H3,(H,52,59)(H,53,56)(H,54,58)/b11-9-/t27-,28-,31-,34-,38+,39+,46-/m1/s1. The van der Waals surface area contributed by atoms with Crippen LogP contribution in [0.15, 0.2) is 60.7 Å². The second-order valence-electron chi connectivity index (χ2n) is 18.9. The summed E-state index contributed by atoms with van der Waals surface area (Å²) in [5.74, 6) is -2.37. The van der Waals surface area contributed by atoms with Crippen LogP contribution in [0.25, 0.3) is 22.0 Å². The van der Waals surface area contributed by atoms with E-state index in [0.717, 1.165) is 5.56 Å². The highest BCUT2D eigenvalue weighted by atomic mass is 32.2. The number of aromatic nitrogens is 1. The van der Waals surface area contributed by atoms with Crippen LogP contribution in [0.5, 0.6) is 17.4 Å². The smallest absolute Gasteiger partial charge is 0.427 e. The summed E-state index contributed by atoms with van der Waals surface area (Å²) in [5.41, 5.74) is -3.31. The first-order valence-electron chi connectivity index (χ1n) is 22.3. The second kappa shape index (κ2) is 18.6. The van der Waals surface area contributed by atoms with E-state index < -0.39 is 86.4 Å². The molecule has 0 bridgehead atoms. The van der Waals surface area contributed by atoms with E-state index in [9.17, 15) is 36.0 Å². The average Bonchev–Trinajstić information content (AvgIpc) is 4.17. The number of benzene rings is 2. The number of allylic oxidation sites excluding steroid dienone is 1. The maximum absolute atomic E-state index is 15.0. The van der Waals surface area contributed by atoms with Crippen LogP contribution >= 0.6 is 0 Å². The van der Waals surface area contributed by atoms with Crippen molar-refractivity contribution in [3.63, 3.8) is 0 Å². The Bertz CT molecular complexity index is 2480. The number of amides is 4. The predicted molar refractivity (Wildman–Crippen MR) is 238 cm³/mol. The van der Waals surface area contributed by atoms with E-state index in [1.807, 2.05) is 63.2 Å². The van der Waals surface area contributed by atoms with Crippen LogP contribution in [0.4, 0.5) is 18.0 Å². The third kappa shape index (κ3) is 10.7. The normalized spacial score (nSPS) is 26.8. The van der Waals surface area contributed by atoms with Crippen LogP contribution in [-0.4, -0.2) is 103 Å². The first-order valence-corrected chi connectivity index (χ1v) is 23.9. The van der Waals surface area contributed by atoms with E-state index in [2.05, 4.69) is 15.4 Å². The summed E-state index contributed by atoms with van der Waals surface area (Å²) in [6, 6.07) is 11.7. The number of hydrogen-bond donors (Lipinski definition) is 3. The number of nitrogens with one attached hydrogen (secondary N) is 3. The molecule has 0 unspecified atom stereocenters. The summed E-state index contributed by atoms with van der Waals surface area (Å²) in [6.45, 7) is 8.61. The van der Waals surface area contributed by atoms with Crippen molar-refractivity contribution in [3.05, 3.63) is 60.7 Å². The molecule has 1 aromatic heterocycles. The first-order chi connectivity index (χ1) is 31.0. The molecule has 3 heterocycles. The van der Waals surface area contributed by atoms with E-state index in [-0.39, 0.29) is 37.3 Å². The average molecular weight is 942 g/mol. The minimum Gasteiger partial charge on any atom is -0.497 e. The molecular formula is C47H58F3N5O10S. The lowest BCUT2D eigenvalue weighted by Crippen LogP contribution is -2.59. The number of pyridine rings is 1. The zero-order chi connectivity index (χ0) is 47.9. The summed E-state index contributed by atoms with van der Waals surface area (Å²) in [5, 5.41) is 5.79. The fourth-order valence-corrected chi connectivity index (χ4v) is 10.0. The zero-order valence-corrected chi connectivity index (χ0v) is 38.9. The monoisotopic (exact) mass is 941 g/mol. The van der Waals surface area contributed by atoms with Crippen molar-refractivity contribution >= 4 is 44.6 Å². The number of rotatable bonds is 11.